The molecule has 0 N–H and O–H groups in total. The molecule has 2 heterocycles. The number of hydrogen-bond acceptors (Lipinski definition) is 5. The van der Waals surface area contributed by atoms with Gasteiger partial charge in [0.1, 0.15) is 11.2 Å². The fourth-order valence-electron chi connectivity index (χ4n) is 2.64. The predicted molar refractivity (Wildman–Crippen MR) is 69.7 cm³/mol. The Kier molecular flexibility index (Phi) is 2.78. The van der Waals surface area contributed by atoms with E-state index in [1.54, 1.807) is 17.7 Å². The largest absolute Gasteiger partial charge is 0.469 e. The summed E-state index contributed by atoms with van der Waals surface area (Å²) in [4.78, 5) is 22.5. The van der Waals surface area contributed by atoms with Crippen LogP contribution >= 0.6 is 11.3 Å². The van der Waals surface area contributed by atoms with Gasteiger partial charge >= 0.3 is 5.97 Å². The molecule has 3 rings (SSSR count). The molecule has 0 spiro atoms. The van der Waals surface area contributed by atoms with Crippen LogP contribution in [0.2, 0.25) is 0 Å². The number of esters is 1. The Morgan fingerprint density at radius 3 is 3.11 bits per heavy atom. The second-order valence-corrected chi connectivity index (χ2v) is 5.69. The van der Waals surface area contributed by atoms with Crippen LogP contribution in [0.15, 0.2) is 6.33 Å². The number of carbonyl (C=O) groups is 1. The van der Waals surface area contributed by atoms with Crippen LogP contribution in [-0.2, 0) is 22.4 Å². The number of nitrogens with zero attached hydrogens (tertiary/aromatic N) is 2. The minimum absolute atomic E-state index is 0.00354. The Morgan fingerprint density at radius 1 is 1.50 bits per heavy atom. The van der Waals surface area contributed by atoms with Crippen molar-refractivity contribution in [1.29, 1.82) is 0 Å². The van der Waals surface area contributed by atoms with Gasteiger partial charge < -0.3 is 4.74 Å². The first-order valence-electron chi connectivity index (χ1n) is 6.00. The summed E-state index contributed by atoms with van der Waals surface area (Å²) < 4.78 is 4.84. The van der Waals surface area contributed by atoms with E-state index < -0.39 is 0 Å². The molecule has 0 amide bonds. The summed E-state index contributed by atoms with van der Waals surface area (Å²) in [7, 11) is 1.46. The van der Waals surface area contributed by atoms with Crippen molar-refractivity contribution in [2.75, 3.05) is 7.11 Å². The number of ether oxygens (including phenoxy) is 1. The zero-order valence-electron chi connectivity index (χ0n) is 10.4. The first-order valence-corrected chi connectivity index (χ1v) is 6.82. The molecule has 0 fully saturated rings. The number of fused-ring (bicyclic) bond motifs is 3. The molecule has 2 aromatic heterocycles. The second kappa shape index (κ2) is 4.31. The number of carbonyl (C=O) groups excluding carboxylic acids is 1. The molecule has 1 aliphatic carbocycles. The zero-order chi connectivity index (χ0) is 12.7. The number of aryl methyl sites for hydroxylation is 2. The summed E-state index contributed by atoms with van der Waals surface area (Å²) in [6, 6.07) is 0. The maximum Gasteiger partial charge on any atom is 0.309 e. The van der Waals surface area contributed by atoms with E-state index >= 15 is 0 Å². The van der Waals surface area contributed by atoms with Gasteiger partial charge in [-0.15, -0.1) is 11.3 Å². The van der Waals surface area contributed by atoms with Crippen molar-refractivity contribution in [2.24, 2.45) is 5.92 Å². The molecule has 0 aliphatic heterocycles. The van der Waals surface area contributed by atoms with Crippen molar-refractivity contribution in [3.8, 4) is 0 Å². The van der Waals surface area contributed by atoms with Crippen LogP contribution in [0.1, 0.15) is 22.6 Å². The summed E-state index contributed by atoms with van der Waals surface area (Å²) >= 11 is 1.69. The number of aromatic nitrogens is 2. The third-order valence-corrected chi connectivity index (χ3v) is 4.73. The van der Waals surface area contributed by atoms with Crippen molar-refractivity contribution in [2.45, 2.75) is 26.2 Å². The monoisotopic (exact) mass is 262 g/mol. The van der Waals surface area contributed by atoms with Gasteiger partial charge in [0, 0.05) is 16.0 Å². The summed E-state index contributed by atoms with van der Waals surface area (Å²) in [6.45, 7) is 2.02. The Hall–Kier alpha value is -1.49. The molecule has 1 aliphatic rings. The van der Waals surface area contributed by atoms with Gasteiger partial charge in [-0.25, -0.2) is 9.97 Å². The highest BCUT2D eigenvalue weighted by molar-refractivity contribution is 7.18. The molecule has 5 heteroatoms. The first kappa shape index (κ1) is 11.6. The fraction of sp³-hybridized carbons (Fsp3) is 0.462. The number of thiophene rings is 1. The van der Waals surface area contributed by atoms with Crippen molar-refractivity contribution in [1.82, 2.24) is 9.97 Å². The normalized spacial score (nSPS) is 18.7. The van der Waals surface area contributed by atoms with E-state index in [0.717, 1.165) is 29.8 Å². The van der Waals surface area contributed by atoms with E-state index in [2.05, 4.69) is 9.97 Å². The standard InChI is InChI=1S/C13H14N2O2S/c1-7-11-9-4-3-8(13(16)17-2)5-10(9)18-12(11)15-6-14-7/h6,8H,3-5H2,1-2H3. The molecular formula is C13H14N2O2S. The van der Waals surface area contributed by atoms with Gasteiger partial charge in [0.05, 0.1) is 13.0 Å². The molecule has 1 atom stereocenters. The van der Waals surface area contributed by atoms with Gasteiger partial charge in [0.2, 0.25) is 0 Å². The second-order valence-electron chi connectivity index (χ2n) is 4.61. The van der Waals surface area contributed by atoms with Crippen LogP contribution in [0.4, 0.5) is 0 Å². The van der Waals surface area contributed by atoms with E-state index in [1.165, 1.54) is 22.9 Å². The van der Waals surface area contributed by atoms with Crippen LogP contribution in [0.25, 0.3) is 10.2 Å². The van der Waals surface area contributed by atoms with Crippen molar-refractivity contribution < 1.29 is 9.53 Å². The molecule has 2 aromatic rings. The van der Waals surface area contributed by atoms with Gasteiger partial charge in [0.15, 0.2) is 0 Å². The van der Waals surface area contributed by atoms with E-state index in [-0.39, 0.29) is 11.9 Å². The summed E-state index contributed by atoms with van der Waals surface area (Å²) in [6.07, 6.45) is 4.17. The Balaban J connectivity index is 2.05. The molecule has 18 heavy (non-hydrogen) atoms. The SMILES string of the molecule is COC(=O)C1CCc2c(sc3ncnc(C)c23)C1. The lowest BCUT2D eigenvalue weighted by Crippen LogP contribution is -2.22. The van der Waals surface area contributed by atoms with Crippen molar-refractivity contribution >= 4 is 27.5 Å². The smallest absolute Gasteiger partial charge is 0.309 e. The summed E-state index contributed by atoms with van der Waals surface area (Å²) in [5.41, 5.74) is 2.38. The van der Waals surface area contributed by atoms with Crippen molar-refractivity contribution in [3.05, 3.63) is 22.5 Å². The van der Waals surface area contributed by atoms with E-state index in [0.29, 0.717) is 0 Å². The van der Waals surface area contributed by atoms with Crippen LogP contribution in [0, 0.1) is 12.8 Å². The topological polar surface area (TPSA) is 52.1 Å². The third kappa shape index (κ3) is 1.70. The number of rotatable bonds is 1. The van der Waals surface area contributed by atoms with Gasteiger partial charge in [-0.2, -0.15) is 0 Å². The van der Waals surface area contributed by atoms with E-state index in [1.807, 2.05) is 6.92 Å². The van der Waals surface area contributed by atoms with Crippen LogP contribution in [-0.4, -0.2) is 23.0 Å². The van der Waals surface area contributed by atoms with Gasteiger partial charge in [-0.3, -0.25) is 4.79 Å². The molecular weight excluding hydrogens is 248 g/mol. The summed E-state index contributed by atoms with van der Waals surface area (Å²) in [5, 5.41) is 1.20. The highest BCUT2D eigenvalue weighted by Crippen LogP contribution is 2.38. The van der Waals surface area contributed by atoms with Crippen LogP contribution < -0.4 is 0 Å². The Bertz CT molecular complexity index is 621. The number of methoxy groups -OCH3 is 1. The Labute approximate surface area is 109 Å². The molecule has 94 valence electrons. The van der Waals surface area contributed by atoms with Gasteiger partial charge in [-0.1, -0.05) is 0 Å². The van der Waals surface area contributed by atoms with Crippen LogP contribution in [0.3, 0.4) is 0 Å². The third-order valence-electron chi connectivity index (χ3n) is 3.57. The maximum atomic E-state index is 11.6. The molecule has 1 unspecified atom stereocenters. The minimum atomic E-state index is -0.0964. The highest BCUT2D eigenvalue weighted by Gasteiger charge is 2.28. The average molecular weight is 262 g/mol. The quantitative estimate of drug-likeness (QED) is 0.740. The van der Waals surface area contributed by atoms with E-state index in [4.69, 9.17) is 4.74 Å². The lowest BCUT2D eigenvalue weighted by atomic mass is 9.87. The number of hydrogen-bond donors (Lipinski definition) is 0. The predicted octanol–water partition coefficient (Wildman–Crippen LogP) is 2.28. The van der Waals surface area contributed by atoms with Crippen LogP contribution in [0.5, 0.6) is 0 Å². The Morgan fingerprint density at radius 2 is 2.33 bits per heavy atom. The molecule has 0 radical (unpaired) electrons. The average Bonchev–Trinajstić information content (AvgIpc) is 2.76. The lowest BCUT2D eigenvalue weighted by molar-refractivity contribution is -0.145. The molecule has 0 aromatic carbocycles. The minimum Gasteiger partial charge on any atom is -0.469 e. The molecule has 0 saturated carbocycles. The molecule has 4 nitrogen and oxygen atoms in total. The van der Waals surface area contributed by atoms with Gasteiger partial charge in [0.25, 0.3) is 0 Å². The first-order chi connectivity index (χ1) is 8.70. The van der Waals surface area contributed by atoms with Gasteiger partial charge in [-0.05, 0) is 31.7 Å². The van der Waals surface area contributed by atoms with Crippen molar-refractivity contribution in [3.63, 3.8) is 0 Å². The van der Waals surface area contributed by atoms with E-state index in [9.17, 15) is 4.79 Å². The molecule has 0 bridgehead atoms. The fourth-order valence-corrected chi connectivity index (χ4v) is 3.95. The zero-order valence-corrected chi connectivity index (χ0v) is 11.2. The summed E-state index contributed by atoms with van der Waals surface area (Å²) in [5.74, 6) is -0.0928. The maximum absolute atomic E-state index is 11.6. The lowest BCUT2D eigenvalue weighted by Gasteiger charge is -2.19. The highest BCUT2D eigenvalue weighted by atomic mass is 32.1. The molecule has 0 saturated heterocycles.